The monoisotopic (exact) mass is 1590 g/mol. The second kappa shape index (κ2) is 49.8. The van der Waals surface area contributed by atoms with E-state index >= 15 is 0 Å². The molecule has 4 aromatic carbocycles. The fourth-order valence-corrected chi connectivity index (χ4v) is 7.48. The topological polar surface area (TPSA) is 350 Å². The van der Waals surface area contributed by atoms with Gasteiger partial charge in [-0.2, -0.15) is 52.7 Å². The summed E-state index contributed by atoms with van der Waals surface area (Å²) >= 11 is 8.01. The van der Waals surface area contributed by atoms with Gasteiger partial charge in [0.2, 0.25) is 10.0 Å². The Balaban J connectivity index is -0.000000612. The van der Waals surface area contributed by atoms with Gasteiger partial charge in [-0.3, -0.25) is 14.4 Å². The predicted molar refractivity (Wildman–Crippen MR) is 343 cm³/mol. The van der Waals surface area contributed by atoms with E-state index in [1.54, 1.807) is 27.7 Å². The van der Waals surface area contributed by atoms with Crippen LogP contribution in [0.2, 0.25) is 0 Å². The summed E-state index contributed by atoms with van der Waals surface area (Å²) in [7, 11) is 0. The molecule has 0 spiro atoms. The molecule has 0 aliphatic heterocycles. The van der Waals surface area contributed by atoms with Crippen LogP contribution in [0.4, 0.5) is 70.2 Å². The Morgan fingerprint density at radius 3 is 1.11 bits per heavy atom. The van der Waals surface area contributed by atoms with Crippen molar-refractivity contribution in [3.8, 4) is 23.0 Å². The number of nitrogens with zero attached hydrogens (tertiary/aromatic N) is 6. The number of ketones is 1. The fraction of sp³-hybridized carbons (Fsp3) is 0.350. The summed E-state index contributed by atoms with van der Waals surface area (Å²) in [6.45, 7) is 7.37. The van der Waals surface area contributed by atoms with Crippen LogP contribution in [0, 0.1) is 23.3 Å². The number of nitrogens with one attached hydrogen (secondary N) is 1. The van der Waals surface area contributed by atoms with Crippen LogP contribution < -0.4 is 26.3 Å². The normalized spacial score (nSPS) is 10.3. The maximum Gasteiger partial charge on any atom is 0.416 e. The molecule has 0 saturated carbocycles. The molecule has 3 heterocycles. The Kier molecular flexibility index (Phi) is 48.2. The molecular formula is C60H66ClF16N9O15S3. The van der Waals surface area contributed by atoms with Crippen molar-refractivity contribution in [2.45, 2.75) is 101 Å². The lowest BCUT2D eigenvalue weighted by Gasteiger charge is -2.15. The Morgan fingerprint density at radius 2 is 0.817 bits per heavy atom. The first-order chi connectivity index (χ1) is 46.8. The van der Waals surface area contributed by atoms with E-state index in [1.165, 1.54) is 39.2 Å². The fourth-order valence-electron chi connectivity index (χ4n) is 6.02. The molecule has 3 aromatic heterocycles. The third-order valence-corrected chi connectivity index (χ3v) is 12.4. The smallest absolute Gasteiger partial charge is 0.416 e. The molecule has 0 fully saturated rings. The number of esters is 4. The van der Waals surface area contributed by atoms with Crippen LogP contribution in [0.1, 0.15) is 127 Å². The lowest BCUT2D eigenvalue weighted by atomic mass is 10.1. The van der Waals surface area contributed by atoms with Gasteiger partial charge in [0.25, 0.3) is 0 Å². The standard InChI is InChI=1S/C19H10F8N2O2S.C15H9F8NO.C6H9NO4.2C5H6N2O2S.C4H5ClO3.C2H5NO.4CH4/c20-13-7-16(14(21)3-9(13)1-2-15(30)17-29-28-8-32-17)31-12-5-10(18(22,23)24)4-11(6-12)19(25,26)27;16-11-5-13(12(17)1-7(11)6-24)25-10-3-8(14(18,19)20)2-9(4-10)15(21,22)23;1-2-11-6(10)5(9)7-3-4-8;2*1-2-9-5(8)4-7-6-3-10-4;1-2-8-4(7)3(5)6;3-1-2-4;;;;/h3-8H,1-2H2;1-5H,6,24H2;4H,2-3H2,1H3,(H,7,9);2*3H,2H2,1H3;2H2,1H3;2H,1,3H2;4*1H4. The highest BCUT2D eigenvalue weighted by Crippen LogP contribution is 2.42. The number of aromatic nitrogens is 6. The summed E-state index contributed by atoms with van der Waals surface area (Å²) in [5, 5.41) is 22.7. The minimum Gasteiger partial charge on any atom is -0.461 e. The summed E-state index contributed by atoms with van der Waals surface area (Å²) in [5.41, 5.74) is 7.02. The van der Waals surface area contributed by atoms with Crippen LogP contribution in [-0.4, -0.2) is 123 Å². The first kappa shape index (κ1) is 101. The number of benzene rings is 4. The Bertz CT molecular complexity index is 3670. The molecular weight excluding hydrogens is 1520 g/mol. The summed E-state index contributed by atoms with van der Waals surface area (Å²) in [6, 6.07) is 3.01. The molecule has 7 rings (SSSR count). The highest BCUT2D eigenvalue weighted by molar-refractivity contribution is 7.11. The molecule has 0 unspecified atom stereocenters. The minimum atomic E-state index is -5.13. The number of hydrogen-bond donors (Lipinski definition) is 3. The number of alkyl halides is 12. The van der Waals surface area contributed by atoms with E-state index in [9.17, 15) is 109 Å². The second-order valence-corrected chi connectivity index (χ2v) is 20.1. The zero-order valence-corrected chi connectivity index (χ0v) is 54.3. The molecule has 5 N–H and O–H groups in total. The van der Waals surface area contributed by atoms with Gasteiger partial charge < -0.3 is 54.8 Å². The van der Waals surface area contributed by atoms with Gasteiger partial charge in [0.1, 0.15) is 52.2 Å². The van der Waals surface area contributed by atoms with Crippen molar-refractivity contribution >= 4 is 99.0 Å². The number of aryl methyl sites for hydroxylation is 1. The summed E-state index contributed by atoms with van der Waals surface area (Å²) in [5.74, 6) is -12.3. The highest BCUT2D eigenvalue weighted by atomic mass is 35.5. The minimum absolute atomic E-state index is 0. The molecule has 0 bridgehead atoms. The third kappa shape index (κ3) is 37.5. The number of amides is 1. The van der Waals surface area contributed by atoms with E-state index in [1.807, 2.05) is 5.32 Å². The van der Waals surface area contributed by atoms with Gasteiger partial charge in [-0.15, -0.1) is 30.6 Å². The van der Waals surface area contributed by atoms with E-state index in [0.29, 0.717) is 60.1 Å². The van der Waals surface area contributed by atoms with Crippen LogP contribution in [0.15, 0.2) is 77.2 Å². The zero-order valence-electron chi connectivity index (χ0n) is 51.1. The molecule has 0 aliphatic carbocycles. The van der Waals surface area contributed by atoms with Gasteiger partial charge in [0.15, 0.2) is 33.9 Å². The predicted octanol–water partition coefficient (Wildman–Crippen LogP) is 14.0. The molecule has 0 aliphatic rings. The zero-order chi connectivity index (χ0) is 76.1. The number of halogens is 17. The summed E-state index contributed by atoms with van der Waals surface area (Å²) in [4.78, 5) is 93.2. The first-order valence-corrected chi connectivity index (χ1v) is 29.9. The lowest BCUT2D eigenvalue weighted by Crippen LogP contribution is -2.33. The average molecular weight is 1590 g/mol. The van der Waals surface area contributed by atoms with E-state index in [0.717, 1.165) is 11.3 Å². The van der Waals surface area contributed by atoms with Crippen molar-refractivity contribution in [1.82, 2.24) is 35.9 Å². The van der Waals surface area contributed by atoms with Gasteiger partial charge >= 0.3 is 59.7 Å². The van der Waals surface area contributed by atoms with Gasteiger partial charge in [0.05, 0.1) is 55.2 Å². The van der Waals surface area contributed by atoms with Crippen molar-refractivity contribution in [3.05, 3.63) is 149 Å². The van der Waals surface area contributed by atoms with Gasteiger partial charge in [0, 0.05) is 37.2 Å². The van der Waals surface area contributed by atoms with Crippen molar-refractivity contribution in [1.29, 1.82) is 0 Å². The van der Waals surface area contributed by atoms with Crippen LogP contribution >= 0.6 is 45.6 Å². The number of ether oxygens (including phenoxy) is 6. The van der Waals surface area contributed by atoms with Crippen LogP contribution in [-0.2, 0) is 85.4 Å². The van der Waals surface area contributed by atoms with E-state index in [2.05, 4.69) is 55.3 Å². The highest BCUT2D eigenvalue weighted by Gasteiger charge is 2.39. The summed E-state index contributed by atoms with van der Waals surface area (Å²) < 4.78 is 237. The summed E-state index contributed by atoms with van der Waals surface area (Å²) in [6.07, 6.45) is -19.8. The number of carbonyl (C=O) groups excluding carboxylic acids is 9. The molecule has 0 atom stereocenters. The molecule has 24 nitrogen and oxygen atoms in total. The Morgan fingerprint density at radius 1 is 0.481 bits per heavy atom. The van der Waals surface area contributed by atoms with Crippen molar-refractivity contribution < 1.29 is 142 Å². The number of carbonyl (C=O) groups is 9. The van der Waals surface area contributed by atoms with Crippen molar-refractivity contribution in [3.63, 3.8) is 0 Å². The van der Waals surface area contributed by atoms with Crippen molar-refractivity contribution in [2.75, 3.05) is 39.5 Å². The number of hydrogen-bond acceptors (Lipinski definition) is 26. The van der Waals surface area contributed by atoms with E-state index < -0.39 is 134 Å². The van der Waals surface area contributed by atoms with E-state index in [4.69, 9.17) is 31.6 Å². The number of aldehydes is 2. The average Bonchev–Trinajstić information content (AvgIpc) is 1.05. The van der Waals surface area contributed by atoms with Crippen LogP contribution in [0.25, 0.3) is 0 Å². The maximum atomic E-state index is 14.3. The third-order valence-electron chi connectivity index (χ3n) is 10.2. The molecule has 104 heavy (non-hydrogen) atoms. The molecule has 7 aromatic rings. The second-order valence-electron chi connectivity index (χ2n) is 17.2. The van der Waals surface area contributed by atoms with Gasteiger partial charge in [-0.05, 0) is 99.8 Å². The lowest BCUT2D eigenvalue weighted by molar-refractivity contribution is -0.154. The quantitative estimate of drug-likeness (QED) is 0.0129. The number of nitrogens with two attached hydrogens (primary N) is 2. The van der Waals surface area contributed by atoms with Crippen LogP contribution in [0.5, 0.6) is 23.0 Å². The SMILES string of the molecule is C.C.C.C.CCOC(=O)C(=O)Cl.CCOC(=O)C(=O)NCC=O.CCOC(=O)c1nncs1.CCOC(=O)c1nncs1.NCC=O.NCc1cc(F)c(Oc2cc(C(F)(F)F)cc(C(F)(F)F)c2)cc1F.O=C(CCc1cc(F)c(Oc2cc(C(F)(F)F)cc(C(F)(F)F)c2)cc1F)c1nncs1. The largest absolute Gasteiger partial charge is 0.461 e. The molecule has 578 valence electrons. The van der Waals surface area contributed by atoms with Crippen molar-refractivity contribution in [2.24, 2.45) is 11.5 Å². The Labute approximate surface area is 598 Å². The van der Waals surface area contributed by atoms with Gasteiger partial charge in [-0.1, -0.05) is 63.7 Å². The maximum absolute atomic E-state index is 14.3. The number of rotatable bonds is 19. The number of Topliss-reactive ketones (excluding diaryl/α,β-unsaturated/α-hetero) is 1. The van der Waals surface area contributed by atoms with E-state index in [-0.39, 0.29) is 128 Å². The van der Waals surface area contributed by atoms with Crippen LogP contribution in [0.3, 0.4) is 0 Å². The molecule has 0 saturated heterocycles. The molecule has 0 radical (unpaired) electrons. The molecule has 1 amide bonds. The van der Waals surface area contributed by atoms with Gasteiger partial charge in [-0.25, -0.2) is 36.7 Å². The molecule has 44 heteroatoms. The first-order valence-electron chi connectivity index (χ1n) is 26.9. The Hall–Kier alpha value is -9.72.